The van der Waals surface area contributed by atoms with Gasteiger partial charge in [-0.1, -0.05) is 17.7 Å². The SMILES string of the molecule is N#Cc1c(Cl)cccc1OCC=O. The highest BCUT2D eigenvalue weighted by Gasteiger charge is 2.06. The molecule has 0 heterocycles. The third-order valence-electron chi connectivity index (χ3n) is 1.39. The smallest absolute Gasteiger partial charge is 0.157 e. The fourth-order valence-corrected chi connectivity index (χ4v) is 1.07. The van der Waals surface area contributed by atoms with Gasteiger partial charge < -0.3 is 4.74 Å². The number of carbonyl (C=O) groups is 1. The Bertz CT molecular complexity index is 357. The molecule has 1 aromatic carbocycles. The van der Waals surface area contributed by atoms with Gasteiger partial charge >= 0.3 is 0 Å². The maximum atomic E-state index is 10.0. The van der Waals surface area contributed by atoms with E-state index in [0.717, 1.165) is 0 Å². The van der Waals surface area contributed by atoms with E-state index in [-0.39, 0.29) is 12.2 Å². The van der Waals surface area contributed by atoms with Crippen LogP contribution in [0.5, 0.6) is 5.75 Å². The van der Waals surface area contributed by atoms with Gasteiger partial charge in [-0.05, 0) is 12.1 Å². The second-order valence-corrected chi connectivity index (χ2v) is 2.61. The van der Waals surface area contributed by atoms with Gasteiger partial charge in [0, 0.05) is 0 Å². The van der Waals surface area contributed by atoms with E-state index in [1.165, 1.54) is 0 Å². The maximum absolute atomic E-state index is 10.0. The van der Waals surface area contributed by atoms with Crippen molar-refractivity contribution in [1.29, 1.82) is 5.26 Å². The Hall–Kier alpha value is -1.53. The van der Waals surface area contributed by atoms with E-state index in [9.17, 15) is 4.79 Å². The zero-order valence-corrected chi connectivity index (χ0v) is 7.41. The van der Waals surface area contributed by atoms with Crippen LogP contribution in [-0.4, -0.2) is 12.9 Å². The number of benzene rings is 1. The zero-order chi connectivity index (χ0) is 9.68. The molecule has 1 rings (SSSR count). The van der Waals surface area contributed by atoms with Crippen LogP contribution in [0.1, 0.15) is 5.56 Å². The molecule has 0 saturated carbocycles. The average Bonchev–Trinajstić information content (AvgIpc) is 2.15. The maximum Gasteiger partial charge on any atom is 0.157 e. The fraction of sp³-hybridized carbons (Fsp3) is 0.111. The number of halogens is 1. The van der Waals surface area contributed by atoms with Crippen molar-refractivity contribution in [3.05, 3.63) is 28.8 Å². The second-order valence-electron chi connectivity index (χ2n) is 2.20. The van der Waals surface area contributed by atoms with Crippen molar-refractivity contribution in [3.8, 4) is 11.8 Å². The minimum Gasteiger partial charge on any atom is -0.485 e. The Morgan fingerprint density at radius 3 is 3.00 bits per heavy atom. The van der Waals surface area contributed by atoms with Crippen LogP contribution in [0.25, 0.3) is 0 Å². The summed E-state index contributed by atoms with van der Waals surface area (Å²) in [5, 5.41) is 9.02. The number of hydrogen-bond donors (Lipinski definition) is 0. The molecule has 66 valence electrons. The predicted octanol–water partition coefficient (Wildman–Crippen LogP) is 1.79. The number of carbonyl (C=O) groups excluding carboxylic acids is 1. The Kier molecular flexibility index (Phi) is 3.30. The third-order valence-corrected chi connectivity index (χ3v) is 1.71. The molecule has 0 aliphatic rings. The molecule has 0 spiro atoms. The monoisotopic (exact) mass is 195 g/mol. The van der Waals surface area contributed by atoms with Crippen LogP contribution < -0.4 is 4.74 Å². The minimum absolute atomic E-state index is 0.0744. The van der Waals surface area contributed by atoms with Gasteiger partial charge in [-0.3, -0.25) is 4.79 Å². The van der Waals surface area contributed by atoms with Gasteiger partial charge in [0.25, 0.3) is 0 Å². The molecular formula is C9H6ClNO2. The van der Waals surface area contributed by atoms with Gasteiger partial charge in [0.1, 0.15) is 24.0 Å². The lowest BCUT2D eigenvalue weighted by molar-refractivity contribution is -0.109. The third kappa shape index (κ3) is 2.20. The molecule has 0 saturated heterocycles. The molecule has 3 nitrogen and oxygen atoms in total. The lowest BCUT2D eigenvalue weighted by Gasteiger charge is -2.04. The first-order valence-electron chi connectivity index (χ1n) is 3.54. The molecule has 0 fully saturated rings. The molecule has 0 aliphatic heterocycles. The van der Waals surface area contributed by atoms with E-state index in [0.29, 0.717) is 17.1 Å². The highest BCUT2D eigenvalue weighted by molar-refractivity contribution is 6.31. The van der Waals surface area contributed by atoms with Crippen molar-refractivity contribution >= 4 is 17.9 Å². The number of ether oxygens (including phenoxy) is 1. The predicted molar refractivity (Wildman–Crippen MR) is 47.7 cm³/mol. The topological polar surface area (TPSA) is 50.1 Å². The highest BCUT2D eigenvalue weighted by atomic mass is 35.5. The molecule has 0 unspecified atom stereocenters. The van der Waals surface area contributed by atoms with E-state index in [1.807, 2.05) is 6.07 Å². The van der Waals surface area contributed by atoms with Crippen molar-refractivity contribution in [3.63, 3.8) is 0 Å². The summed E-state index contributed by atoms with van der Waals surface area (Å²) < 4.78 is 4.98. The minimum atomic E-state index is -0.0744. The van der Waals surface area contributed by atoms with Crippen LogP contribution in [0.3, 0.4) is 0 Å². The molecule has 13 heavy (non-hydrogen) atoms. The van der Waals surface area contributed by atoms with Crippen LogP contribution in [0.15, 0.2) is 18.2 Å². The number of hydrogen-bond acceptors (Lipinski definition) is 3. The van der Waals surface area contributed by atoms with Crippen LogP contribution in [0.2, 0.25) is 5.02 Å². The summed E-state index contributed by atoms with van der Waals surface area (Å²) in [4.78, 5) is 10.0. The van der Waals surface area contributed by atoms with Gasteiger partial charge in [0.2, 0.25) is 0 Å². The molecule has 0 amide bonds. The largest absolute Gasteiger partial charge is 0.485 e. The molecule has 0 N–H and O–H groups in total. The van der Waals surface area contributed by atoms with Crippen molar-refractivity contribution in [1.82, 2.24) is 0 Å². The van der Waals surface area contributed by atoms with Gasteiger partial charge in [-0.2, -0.15) is 5.26 Å². The number of nitrogens with zero attached hydrogens (tertiary/aromatic N) is 1. The van der Waals surface area contributed by atoms with Crippen LogP contribution in [0, 0.1) is 11.3 Å². The van der Waals surface area contributed by atoms with Crippen LogP contribution in [0.4, 0.5) is 0 Å². The Labute approximate surface area is 80.5 Å². The van der Waals surface area contributed by atoms with Crippen LogP contribution in [-0.2, 0) is 4.79 Å². The molecule has 0 aliphatic carbocycles. The quantitative estimate of drug-likeness (QED) is 0.691. The summed E-state index contributed by atoms with van der Waals surface area (Å²) in [6, 6.07) is 6.74. The van der Waals surface area contributed by atoms with Gasteiger partial charge in [0.15, 0.2) is 6.29 Å². The van der Waals surface area contributed by atoms with Crippen molar-refractivity contribution in [2.75, 3.05) is 6.61 Å². The van der Waals surface area contributed by atoms with Gasteiger partial charge in [0.05, 0.1) is 5.02 Å². The molecule has 0 bridgehead atoms. The zero-order valence-electron chi connectivity index (χ0n) is 6.66. The van der Waals surface area contributed by atoms with E-state index in [1.54, 1.807) is 18.2 Å². The van der Waals surface area contributed by atoms with E-state index in [4.69, 9.17) is 21.6 Å². The Morgan fingerprint density at radius 2 is 2.38 bits per heavy atom. The summed E-state index contributed by atoms with van der Waals surface area (Å²) in [7, 11) is 0. The van der Waals surface area contributed by atoms with Crippen molar-refractivity contribution in [2.24, 2.45) is 0 Å². The standard InChI is InChI=1S/C9H6ClNO2/c10-8-2-1-3-9(7(8)6-11)13-5-4-12/h1-4H,5H2. The van der Waals surface area contributed by atoms with E-state index < -0.39 is 0 Å². The summed E-state index contributed by atoms with van der Waals surface area (Å²) >= 11 is 5.72. The van der Waals surface area contributed by atoms with E-state index in [2.05, 4.69) is 0 Å². The lowest BCUT2D eigenvalue weighted by atomic mass is 10.2. The van der Waals surface area contributed by atoms with Crippen molar-refractivity contribution < 1.29 is 9.53 Å². The molecule has 1 aromatic rings. The van der Waals surface area contributed by atoms with Crippen LogP contribution >= 0.6 is 11.6 Å². The first-order valence-corrected chi connectivity index (χ1v) is 3.92. The average molecular weight is 196 g/mol. The first-order chi connectivity index (χ1) is 6.29. The number of rotatable bonds is 3. The van der Waals surface area contributed by atoms with Gasteiger partial charge in [-0.25, -0.2) is 0 Å². The molecular weight excluding hydrogens is 190 g/mol. The summed E-state index contributed by atoms with van der Waals surface area (Å²) in [5.41, 5.74) is 0.256. The molecule has 0 radical (unpaired) electrons. The summed E-state index contributed by atoms with van der Waals surface area (Å²) in [6.07, 6.45) is 0.613. The normalized spacial score (nSPS) is 8.92. The Balaban J connectivity index is 3.00. The Morgan fingerprint density at radius 1 is 1.62 bits per heavy atom. The highest BCUT2D eigenvalue weighted by Crippen LogP contribution is 2.24. The fourth-order valence-electron chi connectivity index (χ4n) is 0.857. The second kappa shape index (κ2) is 4.48. The summed E-state index contributed by atoms with van der Waals surface area (Å²) in [6.45, 7) is -0.0744. The molecule has 0 atom stereocenters. The number of aldehydes is 1. The molecule has 0 aromatic heterocycles. The van der Waals surface area contributed by atoms with Gasteiger partial charge in [-0.15, -0.1) is 0 Å². The molecule has 4 heteroatoms. The van der Waals surface area contributed by atoms with E-state index >= 15 is 0 Å². The first kappa shape index (κ1) is 9.56. The lowest BCUT2D eigenvalue weighted by Crippen LogP contribution is -1.99. The number of nitriles is 1. The summed E-state index contributed by atoms with van der Waals surface area (Å²) in [5.74, 6) is 0.335. The van der Waals surface area contributed by atoms with Crippen molar-refractivity contribution in [2.45, 2.75) is 0 Å².